The van der Waals surface area contributed by atoms with Crippen LogP contribution >= 0.6 is 15.9 Å². The molecule has 0 aliphatic carbocycles. The zero-order valence-electron chi connectivity index (χ0n) is 6.16. The zero-order chi connectivity index (χ0) is 9.14. The highest BCUT2D eigenvalue weighted by Gasteiger charge is 2.14. The van der Waals surface area contributed by atoms with Crippen LogP contribution in [0.1, 0.15) is 18.0 Å². The number of carbonyl (C=O) groups is 1. The molecule has 0 unspecified atom stereocenters. The minimum atomic E-state index is -0.921. The summed E-state index contributed by atoms with van der Waals surface area (Å²) in [5.41, 5.74) is 6.25. The highest BCUT2D eigenvalue weighted by atomic mass is 79.9. The highest BCUT2D eigenvalue weighted by molar-refractivity contribution is 9.10. The van der Waals surface area contributed by atoms with Gasteiger partial charge in [0.15, 0.2) is 0 Å². The summed E-state index contributed by atoms with van der Waals surface area (Å²) in [4.78, 5) is 10.3. The lowest BCUT2D eigenvalue weighted by atomic mass is 10.1. The van der Waals surface area contributed by atoms with Crippen molar-refractivity contribution in [2.45, 2.75) is 12.5 Å². The Labute approximate surface area is 77.5 Å². The summed E-state index contributed by atoms with van der Waals surface area (Å²) < 4.78 is 5.53. The molecule has 66 valence electrons. The van der Waals surface area contributed by atoms with Crippen LogP contribution in [-0.4, -0.2) is 11.1 Å². The SMILES string of the molecule is N[C@@H](CC(=O)O)c1cocc1Br. The van der Waals surface area contributed by atoms with E-state index in [1.807, 2.05) is 0 Å². The van der Waals surface area contributed by atoms with Crippen molar-refractivity contribution in [1.82, 2.24) is 0 Å². The largest absolute Gasteiger partial charge is 0.481 e. The smallest absolute Gasteiger partial charge is 0.305 e. The van der Waals surface area contributed by atoms with Crippen LogP contribution < -0.4 is 5.73 Å². The van der Waals surface area contributed by atoms with E-state index < -0.39 is 12.0 Å². The molecule has 1 rings (SSSR count). The van der Waals surface area contributed by atoms with Gasteiger partial charge >= 0.3 is 5.97 Å². The Morgan fingerprint density at radius 3 is 2.83 bits per heavy atom. The maximum absolute atomic E-state index is 10.3. The van der Waals surface area contributed by atoms with Crippen LogP contribution in [0.3, 0.4) is 0 Å². The Kier molecular flexibility index (Phi) is 2.88. The maximum Gasteiger partial charge on any atom is 0.305 e. The molecule has 0 fully saturated rings. The van der Waals surface area contributed by atoms with Crippen LogP contribution in [0.5, 0.6) is 0 Å². The molecule has 1 heterocycles. The minimum Gasteiger partial charge on any atom is -0.481 e. The van der Waals surface area contributed by atoms with E-state index in [2.05, 4.69) is 15.9 Å². The molecular weight excluding hydrogens is 226 g/mol. The molecule has 0 spiro atoms. The molecule has 0 aromatic carbocycles. The van der Waals surface area contributed by atoms with Crippen molar-refractivity contribution in [3.8, 4) is 0 Å². The van der Waals surface area contributed by atoms with E-state index in [-0.39, 0.29) is 6.42 Å². The van der Waals surface area contributed by atoms with Gasteiger partial charge in [-0.3, -0.25) is 4.79 Å². The third kappa shape index (κ3) is 2.09. The fourth-order valence-corrected chi connectivity index (χ4v) is 1.35. The van der Waals surface area contributed by atoms with Crippen molar-refractivity contribution in [2.75, 3.05) is 0 Å². The van der Waals surface area contributed by atoms with Crippen LogP contribution in [0.15, 0.2) is 21.4 Å². The normalized spacial score (nSPS) is 12.8. The molecule has 1 atom stereocenters. The second-order valence-electron chi connectivity index (χ2n) is 2.38. The Hall–Kier alpha value is -0.810. The molecule has 3 N–H and O–H groups in total. The van der Waals surface area contributed by atoms with Gasteiger partial charge in [-0.1, -0.05) is 0 Å². The Bertz CT molecular complexity index is 284. The molecule has 12 heavy (non-hydrogen) atoms. The summed E-state index contributed by atoms with van der Waals surface area (Å²) in [6.07, 6.45) is 2.81. The average Bonchev–Trinajstić information content (AvgIpc) is 2.33. The van der Waals surface area contributed by atoms with E-state index in [1.54, 1.807) is 0 Å². The topological polar surface area (TPSA) is 76.5 Å². The van der Waals surface area contributed by atoms with Crippen molar-refractivity contribution in [1.29, 1.82) is 0 Å². The minimum absolute atomic E-state index is 0.0991. The second-order valence-corrected chi connectivity index (χ2v) is 3.23. The van der Waals surface area contributed by atoms with Crippen LogP contribution in [0, 0.1) is 0 Å². The van der Waals surface area contributed by atoms with Crippen molar-refractivity contribution in [2.24, 2.45) is 5.73 Å². The van der Waals surface area contributed by atoms with Gasteiger partial charge in [0.1, 0.15) is 6.26 Å². The van der Waals surface area contributed by atoms with Crippen LogP contribution in [0.4, 0.5) is 0 Å². The number of furan rings is 1. The van der Waals surface area contributed by atoms with Gasteiger partial charge in [-0.05, 0) is 15.9 Å². The monoisotopic (exact) mass is 233 g/mol. The zero-order valence-corrected chi connectivity index (χ0v) is 7.74. The third-order valence-electron chi connectivity index (χ3n) is 1.44. The first kappa shape index (κ1) is 9.28. The Morgan fingerprint density at radius 2 is 2.42 bits per heavy atom. The number of hydrogen-bond acceptors (Lipinski definition) is 3. The first-order chi connectivity index (χ1) is 5.61. The van der Waals surface area contributed by atoms with Crippen molar-refractivity contribution >= 4 is 21.9 Å². The van der Waals surface area contributed by atoms with E-state index in [9.17, 15) is 4.79 Å². The number of rotatable bonds is 3. The number of hydrogen-bond donors (Lipinski definition) is 2. The Balaban J connectivity index is 2.71. The predicted molar refractivity (Wildman–Crippen MR) is 45.6 cm³/mol. The number of halogens is 1. The van der Waals surface area contributed by atoms with E-state index >= 15 is 0 Å². The van der Waals surface area contributed by atoms with Crippen molar-refractivity contribution in [3.05, 3.63) is 22.6 Å². The van der Waals surface area contributed by atoms with Gasteiger partial charge in [0.05, 0.1) is 17.2 Å². The fraction of sp³-hybridized carbons (Fsp3) is 0.286. The fourth-order valence-electron chi connectivity index (χ4n) is 0.854. The number of nitrogens with two attached hydrogens (primary N) is 1. The first-order valence-electron chi connectivity index (χ1n) is 3.30. The van der Waals surface area contributed by atoms with E-state index in [0.29, 0.717) is 10.0 Å². The molecule has 0 aliphatic rings. The molecule has 0 radical (unpaired) electrons. The number of carboxylic acid groups (broad SMARTS) is 1. The van der Waals surface area contributed by atoms with Crippen LogP contribution in [0.2, 0.25) is 0 Å². The molecule has 0 saturated carbocycles. The van der Waals surface area contributed by atoms with Gasteiger partial charge < -0.3 is 15.3 Å². The molecule has 0 aliphatic heterocycles. The lowest BCUT2D eigenvalue weighted by Gasteiger charge is -2.05. The standard InChI is InChI=1S/C7H8BrNO3/c8-5-3-12-2-4(5)6(9)1-7(10)11/h2-3,6H,1,9H2,(H,10,11)/t6-/m0/s1. The lowest BCUT2D eigenvalue weighted by molar-refractivity contribution is -0.137. The molecule has 4 nitrogen and oxygen atoms in total. The quantitative estimate of drug-likeness (QED) is 0.831. The second kappa shape index (κ2) is 3.73. The van der Waals surface area contributed by atoms with Gasteiger partial charge in [-0.15, -0.1) is 0 Å². The lowest BCUT2D eigenvalue weighted by Crippen LogP contribution is -2.14. The van der Waals surface area contributed by atoms with E-state index in [4.69, 9.17) is 15.3 Å². The molecule has 0 bridgehead atoms. The highest BCUT2D eigenvalue weighted by Crippen LogP contribution is 2.24. The molecule has 5 heteroatoms. The molecule has 0 amide bonds. The van der Waals surface area contributed by atoms with E-state index in [1.165, 1.54) is 12.5 Å². The molecule has 1 aromatic heterocycles. The van der Waals surface area contributed by atoms with E-state index in [0.717, 1.165) is 0 Å². The van der Waals surface area contributed by atoms with Crippen molar-refractivity contribution < 1.29 is 14.3 Å². The first-order valence-corrected chi connectivity index (χ1v) is 4.09. The van der Waals surface area contributed by atoms with Gasteiger partial charge in [0.2, 0.25) is 0 Å². The summed E-state index contributed by atoms with van der Waals surface area (Å²) in [6.45, 7) is 0. The van der Waals surface area contributed by atoms with Gasteiger partial charge in [-0.2, -0.15) is 0 Å². The number of carboxylic acids is 1. The van der Waals surface area contributed by atoms with Gasteiger partial charge in [0, 0.05) is 11.6 Å². The molecule has 0 saturated heterocycles. The summed E-state index contributed by atoms with van der Waals surface area (Å²) in [7, 11) is 0. The molecular formula is C7H8BrNO3. The maximum atomic E-state index is 10.3. The third-order valence-corrected chi connectivity index (χ3v) is 2.08. The summed E-state index contributed by atoms with van der Waals surface area (Å²) in [6, 6.07) is -0.518. The summed E-state index contributed by atoms with van der Waals surface area (Å²) >= 11 is 3.19. The van der Waals surface area contributed by atoms with Crippen LogP contribution in [0.25, 0.3) is 0 Å². The molecule has 1 aromatic rings. The number of aliphatic carboxylic acids is 1. The van der Waals surface area contributed by atoms with Gasteiger partial charge in [0.25, 0.3) is 0 Å². The predicted octanol–water partition coefficient (Wildman–Crippen LogP) is 1.52. The summed E-state index contributed by atoms with van der Waals surface area (Å²) in [5.74, 6) is -0.921. The Morgan fingerprint density at radius 1 is 1.75 bits per heavy atom. The van der Waals surface area contributed by atoms with Gasteiger partial charge in [-0.25, -0.2) is 0 Å². The average molecular weight is 234 g/mol. The van der Waals surface area contributed by atoms with Crippen molar-refractivity contribution in [3.63, 3.8) is 0 Å². The van der Waals surface area contributed by atoms with Crippen LogP contribution in [-0.2, 0) is 4.79 Å². The summed E-state index contributed by atoms with van der Waals surface area (Å²) in [5, 5.41) is 8.45.